The molecule has 19 heavy (non-hydrogen) atoms. The number of nitrogens with zero attached hydrogens (tertiary/aromatic N) is 3. The van der Waals surface area contributed by atoms with E-state index in [0.29, 0.717) is 12.2 Å². The molecule has 106 valence electrons. The van der Waals surface area contributed by atoms with Gasteiger partial charge in [0.15, 0.2) is 5.82 Å². The fourth-order valence-corrected chi connectivity index (χ4v) is 1.53. The number of carbonyl (C=O) groups excluding carboxylic acids is 1. The van der Waals surface area contributed by atoms with Gasteiger partial charge >= 0.3 is 12.0 Å². The molecule has 0 saturated carbocycles. The van der Waals surface area contributed by atoms with E-state index < -0.39 is 5.97 Å². The number of hydrogen-bond acceptors (Lipinski definition) is 4. The van der Waals surface area contributed by atoms with Crippen LogP contribution in [0.25, 0.3) is 0 Å². The lowest BCUT2D eigenvalue weighted by molar-refractivity contribution is -0.137. The van der Waals surface area contributed by atoms with Gasteiger partial charge in [-0.1, -0.05) is 0 Å². The summed E-state index contributed by atoms with van der Waals surface area (Å²) in [5.41, 5.74) is 0. The van der Waals surface area contributed by atoms with Crippen molar-refractivity contribution >= 4 is 12.0 Å². The summed E-state index contributed by atoms with van der Waals surface area (Å²) in [7, 11) is 0. The van der Waals surface area contributed by atoms with Crippen LogP contribution in [0.5, 0.6) is 0 Å². The minimum atomic E-state index is -0.870. The van der Waals surface area contributed by atoms with Gasteiger partial charge in [-0.3, -0.25) is 4.79 Å². The van der Waals surface area contributed by atoms with Crippen LogP contribution in [-0.4, -0.2) is 37.9 Å². The van der Waals surface area contributed by atoms with Crippen LogP contribution in [-0.2, 0) is 17.9 Å². The summed E-state index contributed by atoms with van der Waals surface area (Å²) >= 11 is 0. The smallest absolute Gasteiger partial charge is 0.315 e. The number of amides is 2. The lowest BCUT2D eigenvalue weighted by Crippen LogP contribution is -2.41. The average molecular weight is 269 g/mol. The van der Waals surface area contributed by atoms with Crippen LogP contribution >= 0.6 is 0 Å². The molecule has 1 atom stereocenters. The lowest BCUT2D eigenvalue weighted by Gasteiger charge is -2.13. The first-order chi connectivity index (χ1) is 9.02. The van der Waals surface area contributed by atoms with Crippen molar-refractivity contribution in [2.45, 2.75) is 45.8 Å². The maximum Gasteiger partial charge on any atom is 0.315 e. The van der Waals surface area contributed by atoms with E-state index in [-0.39, 0.29) is 25.0 Å². The third kappa shape index (κ3) is 5.36. The predicted molar refractivity (Wildman–Crippen MR) is 67.4 cm³/mol. The number of carbonyl (C=O) groups is 2. The molecule has 8 heteroatoms. The summed E-state index contributed by atoms with van der Waals surface area (Å²) in [5, 5.41) is 21.5. The quantitative estimate of drug-likeness (QED) is 0.661. The molecular formula is C11H19N5O3. The van der Waals surface area contributed by atoms with Gasteiger partial charge in [-0.25, -0.2) is 4.79 Å². The van der Waals surface area contributed by atoms with E-state index in [1.165, 1.54) is 0 Å². The van der Waals surface area contributed by atoms with Gasteiger partial charge in [0, 0.05) is 19.0 Å². The number of aromatic nitrogens is 3. The Labute approximate surface area is 111 Å². The predicted octanol–water partition coefficient (Wildman–Crippen LogP) is 0.350. The van der Waals surface area contributed by atoms with Crippen molar-refractivity contribution in [2.24, 2.45) is 0 Å². The zero-order valence-corrected chi connectivity index (χ0v) is 11.1. The van der Waals surface area contributed by atoms with Crippen molar-refractivity contribution in [3.8, 4) is 0 Å². The van der Waals surface area contributed by atoms with Crippen molar-refractivity contribution in [3.63, 3.8) is 0 Å². The van der Waals surface area contributed by atoms with E-state index in [1.807, 2.05) is 11.5 Å². The second-order valence-corrected chi connectivity index (χ2v) is 4.19. The second kappa shape index (κ2) is 7.34. The van der Waals surface area contributed by atoms with Gasteiger partial charge in [0.05, 0.1) is 6.54 Å². The number of nitrogens with one attached hydrogen (secondary N) is 2. The number of carboxylic acids is 1. The monoisotopic (exact) mass is 269 g/mol. The number of hydrogen-bond donors (Lipinski definition) is 3. The van der Waals surface area contributed by atoms with Gasteiger partial charge < -0.3 is 20.3 Å². The Kier molecular flexibility index (Phi) is 5.77. The molecule has 0 fully saturated rings. The van der Waals surface area contributed by atoms with Gasteiger partial charge in [-0.05, 0) is 20.3 Å². The fourth-order valence-electron chi connectivity index (χ4n) is 1.53. The Morgan fingerprint density at radius 3 is 2.89 bits per heavy atom. The first-order valence-electron chi connectivity index (χ1n) is 6.15. The Balaban J connectivity index is 2.29. The van der Waals surface area contributed by atoms with Crippen molar-refractivity contribution in [2.75, 3.05) is 0 Å². The topological polar surface area (TPSA) is 109 Å². The van der Waals surface area contributed by atoms with E-state index >= 15 is 0 Å². The molecule has 2 amide bonds. The number of rotatable bonds is 7. The van der Waals surface area contributed by atoms with Gasteiger partial charge in [0.25, 0.3) is 0 Å². The highest BCUT2D eigenvalue weighted by Gasteiger charge is 2.10. The molecule has 3 N–H and O–H groups in total. The molecule has 1 unspecified atom stereocenters. The van der Waals surface area contributed by atoms with Gasteiger partial charge in [0.1, 0.15) is 6.33 Å². The molecule has 1 rings (SSSR count). The van der Waals surface area contributed by atoms with Crippen LogP contribution in [0.2, 0.25) is 0 Å². The van der Waals surface area contributed by atoms with E-state index in [4.69, 9.17) is 5.11 Å². The maximum absolute atomic E-state index is 11.6. The van der Waals surface area contributed by atoms with Crippen LogP contribution in [0.4, 0.5) is 4.79 Å². The van der Waals surface area contributed by atoms with Crippen LogP contribution in [0, 0.1) is 0 Å². The van der Waals surface area contributed by atoms with Crippen molar-refractivity contribution < 1.29 is 14.7 Å². The van der Waals surface area contributed by atoms with E-state index in [2.05, 4.69) is 20.8 Å². The normalized spacial score (nSPS) is 11.9. The number of urea groups is 1. The molecule has 1 heterocycles. The molecule has 0 spiro atoms. The van der Waals surface area contributed by atoms with Crippen LogP contribution in [0.1, 0.15) is 32.5 Å². The molecular weight excluding hydrogens is 250 g/mol. The molecule has 0 aliphatic heterocycles. The highest BCUT2D eigenvalue weighted by Crippen LogP contribution is 1.97. The zero-order chi connectivity index (χ0) is 14.3. The molecule has 0 aromatic carbocycles. The van der Waals surface area contributed by atoms with Crippen molar-refractivity contribution in [3.05, 3.63) is 12.2 Å². The molecule has 0 bridgehead atoms. The minimum absolute atomic E-state index is 0.0333. The molecule has 0 radical (unpaired) electrons. The highest BCUT2D eigenvalue weighted by atomic mass is 16.4. The molecule has 0 saturated heterocycles. The van der Waals surface area contributed by atoms with Crippen LogP contribution in [0.15, 0.2) is 6.33 Å². The molecule has 1 aromatic heterocycles. The number of carboxylic acid groups (broad SMARTS) is 1. The zero-order valence-electron chi connectivity index (χ0n) is 11.1. The van der Waals surface area contributed by atoms with Crippen LogP contribution in [0.3, 0.4) is 0 Å². The second-order valence-electron chi connectivity index (χ2n) is 4.19. The van der Waals surface area contributed by atoms with Crippen LogP contribution < -0.4 is 10.6 Å². The van der Waals surface area contributed by atoms with E-state index in [0.717, 1.165) is 6.54 Å². The third-order valence-electron chi connectivity index (χ3n) is 2.61. The summed E-state index contributed by atoms with van der Waals surface area (Å²) in [6, 6.07) is -0.538. The average Bonchev–Trinajstić information content (AvgIpc) is 2.81. The standard InChI is InChI=1S/C11H19N5O3/c1-3-16-7-13-15-9(16)6-12-11(19)14-8(2)4-5-10(17)18/h7-8H,3-6H2,1-2H3,(H,17,18)(H2,12,14,19). The Hall–Kier alpha value is -2.12. The Morgan fingerprint density at radius 1 is 1.53 bits per heavy atom. The van der Waals surface area contributed by atoms with Gasteiger partial charge in [0.2, 0.25) is 0 Å². The van der Waals surface area contributed by atoms with E-state index in [9.17, 15) is 9.59 Å². The Morgan fingerprint density at radius 2 is 2.26 bits per heavy atom. The summed E-state index contributed by atoms with van der Waals surface area (Å²) in [4.78, 5) is 22.0. The first kappa shape index (κ1) is 14.9. The molecule has 1 aromatic rings. The SMILES string of the molecule is CCn1cnnc1CNC(=O)NC(C)CCC(=O)O. The van der Waals surface area contributed by atoms with Crippen molar-refractivity contribution in [1.82, 2.24) is 25.4 Å². The summed E-state index contributed by atoms with van der Waals surface area (Å²) in [6.07, 6.45) is 2.03. The highest BCUT2D eigenvalue weighted by molar-refractivity contribution is 5.74. The van der Waals surface area contributed by atoms with Crippen molar-refractivity contribution in [1.29, 1.82) is 0 Å². The largest absolute Gasteiger partial charge is 0.481 e. The lowest BCUT2D eigenvalue weighted by atomic mass is 10.2. The summed E-state index contributed by atoms with van der Waals surface area (Å²) in [6.45, 7) is 4.74. The fraction of sp³-hybridized carbons (Fsp3) is 0.636. The molecule has 0 aliphatic carbocycles. The minimum Gasteiger partial charge on any atom is -0.481 e. The number of aryl methyl sites for hydroxylation is 1. The third-order valence-corrected chi connectivity index (χ3v) is 2.61. The molecule has 8 nitrogen and oxygen atoms in total. The van der Waals surface area contributed by atoms with Gasteiger partial charge in [-0.15, -0.1) is 10.2 Å². The Bertz CT molecular complexity index is 432. The first-order valence-corrected chi connectivity index (χ1v) is 6.15. The number of aliphatic carboxylic acids is 1. The summed E-state index contributed by atoms with van der Waals surface area (Å²) in [5.74, 6) is -0.194. The maximum atomic E-state index is 11.6. The summed E-state index contributed by atoms with van der Waals surface area (Å²) < 4.78 is 1.83. The van der Waals surface area contributed by atoms with E-state index in [1.54, 1.807) is 13.3 Å². The van der Waals surface area contributed by atoms with Gasteiger partial charge in [-0.2, -0.15) is 0 Å². The molecule has 0 aliphatic rings.